The van der Waals surface area contributed by atoms with E-state index >= 15 is 0 Å². The molecule has 1 atom stereocenters. The Morgan fingerprint density at radius 3 is 2.69 bits per heavy atom. The van der Waals surface area contributed by atoms with Gasteiger partial charge in [-0.25, -0.2) is 9.97 Å². The summed E-state index contributed by atoms with van der Waals surface area (Å²) in [4.78, 5) is 20.4. The van der Waals surface area contributed by atoms with E-state index in [9.17, 15) is 13.2 Å². The maximum absolute atomic E-state index is 12.8. The summed E-state index contributed by atoms with van der Waals surface area (Å²) in [6.07, 6.45) is -0.905. The Balaban J connectivity index is 1.62. The average molecular weight is 420 g/mol. The summed E-state index contributed by atoms with van der Waals surface area (Å²) in [6, 6.07) is 3.15. The van der Waals surface area contributed by atoms with Crippen LogP contribution in [0, 0.1) is 6.92 Å². The molecule has 0 aliphatic heterocycles. The molecule has 0 bridgehead atoms. The van der Waals surface area contributed by atoms with E-state index in [0.717, 1.165) is 28.1 Å². The van der Waals surface area contributed by atoms with Gasteiger partial charge in [-0.2, -0.15) is 28.1 Å². The number of hydrogen-bond donors (Lipinski definition) is 2. The molecule has 12 heteroatoms. The Morgan fingerprint density at radius 2 is 1.97 bits per heavy atom. The lowest BCUT2D eigenvalue weighted by Crippen LogP contribution is -2.13. The molecule has 8 nitrogen and oxygen atoms in total. The normalized spacial score (nSPS) is 13.0. The number of pyridine rings is 1. The number of halogens is 3. The second-order valence-corrected chi connectivity index (χ2v) is 7.18. The van der Waals surface area contributed by atoms with Gasteiger partial charge in [-0.05, 0) is 26.0 Å². The van der Waals surface area contributed by atoms with Gasteiger partial charge in [0.1, 0.15) is 10.8 Å². The minimum absolute atomic E-state index is 0.0118. The number of nitrogen functional groups attached to an aromatic ring is 1. The average Bonchev–Trinajstić information content (AvgIpc) is 3.28. The van der Waals surface area contributed by atoms with Crippen LogP contribution in [0.5, 0.6) is 0 Å². The van der Waals surface area contributed by atoms with Crippen LogP contribution in [0.2, 0.25) is 0 Å². The van der Waals surface area contributed by atoms with Crippen LogP contribution in [-0.4, -0.2) is 29.3 Å². The first kappa shape index (κ1) is 19.1. The molecular formula is C17H15F3N8S. The van der Waals surface area contributed by atoms with Gasteiger partial charge in [-0.3, -0.25) is 0 Å². The molecule has 3 N–H and O–H groups in total. The number of rotatable bonds is 4. The maximum atomic E-state index is 12.8. The molecule has 0 amide bonds. The number of fused-ring (bicyclic) bond motifs is 1. The van der Waals surface area contributed by atoms with E-state index in [-0.39, 0.29) is 16.9 Å². The molecule has 29 heavy (non-hydrogen) atoms. The highest BCUT2D eigenvalue weighted by molar-refractivity contribution is 7.09. The Labute approximate surface area is 166 Å². The lowest BCUT2D eigenvalue weighted by molar-refractivity contribution is -0.140. The van der Waals surface area contributed by atoms with Crippen LogP contribution >= 0.6 is 11.3 Å². The Morgan fingerprint density at radius 1 is 1.17 bits per heavy atom. The van der Waals surface area contributed by atoms with Crippen molar-refractivity contribution >= 4 is 28.8 Å². The van der Waals surface area contributed by atoms with E-state index in [1.165, 1.54) is 0 Å². The van der Waals surface area contributed by atoms with Gasteiger partial charge in [-0.15, -0.1) is 11.3 Å². The van der Waals surface area contributed by atoms with Crippen molar-refractivity contribution in [2.45, 2.75) is 26.1 Å². The summed E-state index contributed by atoms with van der Waals surface area (Å²) >= 11 is 0.906. The molecule has 0 spiro atoms. The fourth-order valence-corrected chi connectivity index (χ4v) is 3.54. The second-order valence-electron chi connectivity index (χ2n) is 6.29. The largest absolute Gasteiger partial charge is 0.434 e. The van der Waals surface area contributed by atoms with E-state index in [1.54, 1.807) is 13.1 Å². The lowest BCUT2D eigenvalue weighted by Gasteiger charge is -2.12. The maximum Gasteiger partial charge on any atom is 0.434 e. The van der Waals surface area contributed by atoms with Crippen LogP contribution in [0.15, 0.2) is 29.9 Å². The van der Waals surface area contributed by atoms with Gasteiger partial charge in [0, 0.05) is 17.1 Å². The van der Waals surface area contributed by atoms with Crippen molar-refractivity contribution in [3.63, 3.8) is 0 Å². The SMILES string of the molecule is Cc1ncc2ccc(-c3nc(N)nc(NC(C)c4nc(C(F)(F)F)cs4)n3)cn12. The molecule has 0 saturated carbocycles. The van der Waals surface area contributed by atoms with Gasteiger partial charge in [0.15, 0.2) is 11.5 Å². The van der Waals surface area contributed by atoms with Crippen molar-refractivity contribution in [1.82, 2.24) is 29.3 Å². The zero-order valence-corrected chi connectivity index (χ0v) is 16.1. The quantitative estimate of drug-likeness (QED) is 0.518. The number of aryl methyl sites for hydroxylation is 1. The first-order chi connectivity index (χ1) is 13.7. The highest BCUT2D eigenvalue weighted by Crippen LogP contribution is 2.32. The van der Waals surface area contributed by atoms with Crippen molar-refractivity contribution in [3.05, 3.63) is 46.4 Å². The van der Waals surface area contributed by atoms with Gasteiger partial charge in [0.25, 0.3) is 0 Å². The summed E-state index contributed by atoms with van der Waals surface area (Å²) < 4.78 is 40.2. The predicted molar refractivity (Wildman–Crippen MR) is 102 cm³/mol. The minimum Gasteiger partial charge on any atom is -0.368 e. The highest BCUT2D eigenvalue weighted by atomic mass is 32.1. The van der Waals surface area contributed by atoms with E-state index in [2.05, 4.69) is 30.2 Å². The van der Waals surface area contributed by atoms with Crippen molar-refractivity contribution in [3.8, 4) is 11.4 Å². The molecule has 4 aromatic rings. The molecule has 4 heterocycles. The van der Waals surface area contributed by atoms with E-state index in [1.807, 2.05) is 29.7 Å². The third-order valence-corrected chi connectivity index (χ3v) is 5.18. The van der Waals surface area contributed by atoms with Crippen molar-refractivity contribution in [2.24, 2.45) is 0 Å². The Kier molecular flexibility index (Phi) is 4.57. The first-order valence-electron chi connectivity index (χ1n) is 8.45. The zero-order chi connectivity index (χ0) is 20.8. The van der Waals surface area contributed by atoms with Gasteiger partial charge in [0.2, 0.25) is 11.9 Å². The smallest absolute Gasteiger partial charge is 0.368 e. The lowest BCUT2D eigenvalue weighted by atomic mass is 10.2. The molecular weight excluding hydrogens is 405 g/mol. The molecule has 4 rings (SSSR count). The molecule has 0 aliphatic carbocycles. The van der Waals surface area contributed by atoms with Crippen LogP contribution in [0.3, 0.4) is 0 Å². The molecule has 4 aromatic heterocycles. The Bertz CT molecular complexity index is 1180. The second kappa shape index (κ2) is 6.95. The third kappa shape index (κ3) is 3.83. The van der Waals surface area contributed by atoms with E-state index < -0.39 is 17.9 Å². The summed E-state index contributed by atoms with van der Waals surface area (Å²) in [5.41, 5.74) is 6.50. The van der Waals surface area contributed by atoms with Gasteiger partial charge in [-0.1, -0.05) is 0 Å². The number of thiazole rings is 1. The molecule has 0 aromatic carbocycles. The molecule has 150 valence electrons. The van der Waals surface area contributed by atoms with Crippen LogP contribution in [0.1, 0.15) is 29.5 Å². The minimum atomic E-state index is -4.48. The number of nitrogens with one attached hydrogen (secondary N) is 1. The molecule has 0 radical (unpaired) electrons. The van der Waals surface area contributed by atoms with Crippen molar-refractivity contribution in [1.29, 1.82) is 0 Å². The van der Waals surface area contributed by atoms with Crippen LogP contribution in [-0.2, 0) is 6.18 Å². The number of alkyl halides is 3. The molecule has 0 fully saturated rings. The van der Waals surface area contributed by atoms with E-state index in [0.29, 0.717) is 11.4 Å². The number of aromatic nitrogens is 6. The number of imidazole rings is 1. The summed E-state index contributed by atoms with van der Waals surface area (Å²) in [6.45, 7) is 3.54. The first-order valence-corrected chi connectivity index (χ1v) is 9.33. The van der Waals surface area contributed by atoms with Gasteiger partial charge >= 0.3 is 6.18 Å². The number of nitrogens with zero attached hydrogens (tertiary/aromatic N) is 6. The van der Waals surface area contributed by atoms with Gasteiger partial charge in [0.05, 0.1) is 17.8 Å². The van der Waals surface area contributed by atoms with Crippen molar-refractivity contribution < 1.29 is 13.2 Å². The fourth-order valence-electron chi connectivity index (χ4n) is 2.71. The van der Waals surface area contributed by atoms with Gasteiger partial charge < -0.3 is 15.5 Å². The Hall–Kier alpha value is -3.28. The third-order valence-electron chi connectivity index (χ3n) is 4.15. The summed E-state index contributed by atoms with van der Waals surface area (Å²) in [7, 11) is 0. The number of hydrogen-bond acceptors (Lipinski definition) is 8. The standard InChI is InChI=1S/C17H15F3N8S/c1-8(14-24-12(7-29-14)17(18,19)20)23-16-26-13(25-15(21)27-16)10-3-4-11-5-22-9(2)28(11)6-10/h3-8H,1-2H3,(H3,21,23,25,26,27). The number of anilines is 2. The highest BCUT2D eigenvalue weighted by Gasteiger charge is 2.34. The number of nitrogens with two attached hydrogens (primary N) is 1. The monoisotopic (exact) mass is 420 g/mol. The fraction of sp³-hybridized carbons (Fsp3) is 0.235. The van der Waals surface area contributed by atoms with Crippen LogP contribution in [0.25, 0.3) is 16.9 Å². The topological polar surface area (TPSA) is 107 Å². The molecule has 0 aliphatic rings. The predicted octanol–water partition coefficient (Wildman–Crippen LogP) is 3.73. The van der Waals surface area contributed by atoms with Crippen LogP contribution in [0.4, 0.5) is 25.1 Å². The molecule has 1 unspecified atom stereocenters. The summed E-state index contributed by atoms with van der Waals surface area (Å²) in [5, 5.41) is 4.17. The van der Waals surface area contributed by atoms with E-state index in [4.69, 9.17) is 5.73 Å². The van der Waals surface area contributed by atoms with Crippen molar-refractivity contribution in [2.75, 3.05) is 11.1 Å². The van der Waals surface area contributed by atoms with Crippen LogP contribution < -0.4 is 11.1 Å². The molecule has 0 saturated heterocycles. The summed E-state index contributed by atoms with van der Waals surface area (Å²) in [5.74, 6) is 1.27. The zero-order valence-electron chi connectivity index (χ0n) is 15.3.